The largest absolute Gasteiger partial charge is 0.573 e. The minimum absolute atomic E-state index is 0.0206. The first kappa shape index (κ1) is 25.3. The number of hydrogen-bond donors (Lipinski definition) is 1. The molecule has 1 N–H and O–H groups in total. The third-order valence-corrected chi connectivity index (χ3v) is 6.61. The monoisotopic (exact) mass is 521 g/mol. The first-order valence-corrected chi connectivity index (χ1v) is 12.1. The molecule has 0 fully saturated rings. The van der Waals surface area contributed by atoms with E-state index in [1.165, 1.54) is 30.6 Å². The molecule has 9 nitrogen and oxygen atoms in total. The van der Waals surface area contributed by atoms with Crippen LogP contribution in [0.3, 0.4) is 0 Å². The van der Waals surface area contributed by atoms with Crippen LogP contribution in [0.1, 0.15) is 0 Å². The summed E-state index contributed by atoms with van der Waals surface area (Å²) < 4.78 is 75.5. The molecule has 2 aromatic heterocycles. The van der Waals surface area contributed by atoms with Crippen molar-refractivity contribution < 1.29 is 31.1 Å². The summed E-state index contributed by atoms with van der Waals surface area (Å²) in [4.78, 5) is 9.82. The number of alkyl halides is 3. The molecular formula is C23H22F3N5O4S. The Hall–Kier alpha value is -3.84. The summed E-state index contributed by atoms with van der Waals surface area (Å²) >= 11 is 0. The van der Waals surface area contributed by atoms with Gasteiger partial charge >= 0.3 is 6.36 Å². The zero-order valence-corrected chi connectivity index (χ0v) is 20.0. The van der Waals surface area contributed by atoms with E-state index >= 15 is 0 Å². The molecule has 36 heavy (non-hydrogen) atoms. The summed E-state index contributed by atoms with van der Waals surface area (Å²) in [7, 11) is -0.615. The summed E-state index contributed by atoms with van der Waals surface area (Å²) in [6, 6.07) is 13.0. The molecular weight excluding hydrogens is 499 g/mol. The van der Waals surface area contributed by atoms with Gasteiger partial charge in [-0.1, -0.05) is 18.2 Å². The molecule has 0 saturated heterocycles. The average molecular weight is 522 g/mol. The number of aromatic nitrogens is 3. The van der Waals surface area contributed by atoms with E-state index in [0.29, 0.717) is 23.4 Å². The topological polar surface area (TPSA) is 98.6 Å². The fourth-order valence-electron chi connectivity index (χ4n) is 3.27. The van der Waals surface area contributed by atoms with Gasteiger partial charge in [0.25, 0.3) is 10.0 Å². The lowest BCUT2D eigenvalue weighted by Crippen LogP contribution is -2.20. The van der Waals surface area contributed by atoms with Gasteiger partial charge in [-0.25, -0.2) is 17.4 Å². The fourth-order valence-corrected chi connectivity index (χ4v) is 4.69. The molecule has 0 spiro atoms. The van der Waals surface area contributed by atoms with Gasteiger partial charge in [0.1, 0.15) is 23.0 Å². The normalized spacial score (nSPS) is 12.2. The van der Waals surface area contributed by atoms with E-state index in [1.54, 1.807) is 24.3 Å². The van der Waals surface area contributed by atoms with E-state index in [2.05, 4.69) is 20.0 Å². The van der Waals surface area contributed by atoms with Crippen molar-refractivity contribution in [2.75, 3.05) is 32.6 Å². The number of benzene rings is 2. The first-order chi connectivity index (χ1) is 17.0. The van der Waals surface area contributed by atoms with Crippen LogP contribution in [0.4, 0.5) is 24.8 Å². The summed E-state index contributed by atoms with van der Waals surface area (Å²) in [5.74, 6) is -0.136. The van der Waals surface area contributed by atoms with Crippen molar-refractivity contribution in [1.82, 2.24) is 18.8 Å². The lowest BCUT2D eigenvalue weighted by molar-refractivity contribution is -0.275. The lowest BCUT2D eigenvalue weighted by Gasteiger charge is -2.14. The second-order valence-electron chi connectivity index (χ2n) is 7.89. The van der Waals surface area contributed by atoms with Crippen molar-refractivity contribution in [2.45, 2.75) is 11.3 Å². The van der Waals surface area contributed by atoms with E-state index < -0.39 is 27.0 Å². The summed E-state index contributed by atoms with van der Waals surface area (Å²) in [6.45, 7) is 1.23. The third kappa shape index (κ3) is 5.86. The number of rotatable bonds is 9. The van der Waals surface area contributed by atoms with Gasteiger partial charge in [0, 0.05) is 36.1 Å². The standard InChI is InChI=1S/C23H22F3N5O4S/c1-30(2)12-13-34-18-7-5-6-17(14-18)28-22-27-15-16-10-11-31(21(16)29-22)36(32,33)20-9-4-3-8-19(20)35-23(24,25)26/h3-11,14-15H,12-13H2,1-2H3,(H,27,28,29). The molecule has 0 bridgehead atoms. The number of para-hydroxylation sites is 1. The second kappa shape index (κ2) is 10.0. The summed E-state index contributed by atoms with van der Waals surface area (Å²) in [6.07, 6.45) is -2.46. The first-order valence-electron chi connectivity index (χ1n) is 10.6. The lowest BCUT2D eigenvalue weighted by atomic mass is 10.3. The van der Waals surface area contributed by atoms with Gasteiger partial charge in [-0.2, -0.15) is 4.98 Å². The molecule has 0 unspecified atom stereocenters. The molecule has 0 saturated carbocycles. The second-order valence-corrected chi connectivity index (χ2v) is 9.67. The zero-order valence-electron chi connectivity index (χ0n) is 19.2. The SMILES string of the molecule is CN(C)CCOc1cccc(Nc2ncc3ccn(S(=O)(=O)c4ccccc4OC(F)(F)F)c3n2)c1. The Kier molecular flexibility index (Phi) is 7.04. The zero-order chi connectivity index (χ0) is 25.9. The number of anilines is 2. The van der Waals surface area contributed by atoms with Crippen LogP contribution in [0.15, 0.2) is 71.9 Å². The third-order valence-electron chi connectivity index (χ3n) is 4.90. The average Bonchev–Trinajstić information content (AvgIpc) is 3.22. The van der Waals surface area contributed by atoms with E-state index in [9.17, 15) is 21.6 Å². The molecule has 2 heterocycles. The molecule has 0 aliphatic carbocycles. The van der Waals surface area contributed by atoms with Crippen LogP contribution in [0.25, 0.3) is 11.0 Å². The molecule has 0 aliphatic rings. The molecule has 13 heteroatoms. The number of nitrogens with one attached hydrogen (secondary N) is 1. The quantitative estimate of drug-likeness (QED) is 0.349. The molecule has 190 valence electrons. The van der Waals surface area contributed by atoms with Crippen molar-refractivity contribution in [2.24, 2.45) is 0 Å². The van der Waals surface area contributed by atoms with E-state index in [-0.39, 0.29) is 11.6 Å². The number of hydrogen-bond acceptors (Lipinski definition) is 8. The number of ether oxygens (including phenoxy) is 2. The molecule has 0 aliphatic heterocycles. The van der Waals surface area contributed by atoms with E-state index in [0.717, 1.165) is 22.6 Å². The van der Waals surface area contributed by atoms with Crippen LogP contribution in [-0.4, -0.2) is 60.9 Å². The molecule has 2 aromatic carbocycles. The number of likely N-dealkylation sites (N-methyl/N-ethyl adjacent to an activating group) is 1. The summed E-state index contributed by atoms with van der Waals surface area (Å²) in [5.41, 5.74) is 0.578. The highest BCUT2D eigenvalue weighted by Gasteiger charge is 2.34. The van der Waals surface area contributed by atoms with Crippen LogP contribution in [0, 0.1) is 0 Å². The highest BCUT2D eigenvalue weighted by molar-refractivity contribution is 7.90. The van der Waals surface area contributed by atoms with Crippen molar-refractivity contribution in [1.29, 1.82) is 0 Å². The van der Waals surface area contributed by atoms with Gasteiger partial charge in [0.2, 0.25) is 5.95 Å². The van der Waals surface area contributed by atoms with Crippen LogP contribution in [-0.2, 0) is 10.0 Å². The van der Waals surface area contributed by atoms with Crippen molar-refractivity contribution >= 4 is 32.7 Å². The van der Waals surface area contributed by atoms with Crippen LogP contribution in [0.5, 0.6) is 11.5 Å². The molecule has 0 amide bonds. The van der Waals surface area contributed by atoms with Gasteiger partial charge in [-0.3, -0.25) is 0 Å². The van der Waals surface area contributed by atoms with Gasteiger partial charge in [-0.05, 0) is 44.4 Å². The Balaban J connectivity index is 1.64. The minimum atomic E-state index is -5.06. The molecule has 4 rings (SSSR count). The van der Waals surface area contributed by atoms with E-state index in [1.807, 2.05) is 19.0 Å². The van der Waals surface area contributed by atoms with Crippen LogP contribution >= 0.6 is 0 Å². The Morgan fingerprint density at radius 2 is 1.86 bits per heavy atom. The van der Waals surface area contributed by atoms with Gasteiger partial charge in [0.15, 0.2) is 5.65 Å². The molecule has 0 atom stereocenters. The minimum Gasteiger partial charge on any atom is -0.492 e. The van der Waals surface area contributed by atoms with Crippen molar-refractivity contribution in [3.63, 3.8) is 0 Å². The Labute approximate surface area is 205 Å². The van der Waals surface area contributed by atoms with Crippen molar-refractivity contribution in [3.05, 3.63) is 67.0 Å². The molecule has 4 aromatic rings. The predicted molar refractivity (Wildman–Crippen MR) is 127 cm³/mol. The summed E-state index contributed by atoms with van der Waals surface area (Å²) in [5, 5.41) is 3.37. The number of nitrogens with zero attached hydrogens (tertiary/aromatic N) is 4. The number of fused-ring (bicyclic) bond motifs is 1. The Morgan fingerprint density at radius 1 is 1.08 bits per heavy atom. The Bertz CT molecular complexity index is 1470. The Morgan fingerprint density at radius 3 is 2.61 bits per heavy atom. The van der Waals surface area contributed by atoms with Crippen molar-refractivity contribution in [3.8, 4) is 11.5 Å². The van der Waals surface area contributed by atoms with Crippen LogP contribution < -0.4 is 14.8 Å². The van der Waals surface area contributed by atoms with Gasteiger partial charge in [0.05, 0.1) is 0 Å². The maximum atomic E-state index is 13.3. The smallest absolute Gasteiger partial charge is 0.492 e. The van der Waals surface area contributed by atoms with Crippen LogP contribution in [0.2, 0.25) is 0 Å². The highest BCUT2D eigenvalue weighted by atomic mass is 32.2. The van der Waals surface area contributed by atoms with Gasteiger partial charge < -0.3 is 19.7 Å². The van der Waals surface area contributed by atoms with Gasteiger partial charge in [-0.15, -0.1) is 13.2 Å². The maximum absolute atomic E-state index is 13.3. The predicted octanol–water partition coefficient (Wildman–Crippen LogP) is 4.25. The maximum Gasteiger partial charge on any atom is 0.573 e. The van der Waals surface area contributed by atoms with E-state index in [4.69, 9.17) is 4.74 Å². The number of halogens is 3. The molecule has 0 radical (unpaired) electrons. The highest BCUT2D eigenvalue weighted by Crippen LogP contribution is 2.32. The fraction of sp³-hybridized carbons (Fsp3) is 0.217.